The van der Waals surface area contributed by atoms with E-state index in [1.54, 1.807) is 43.4 Å². The van der Waals surface area contributed by atoms with E-state index in [4.69, 9.17) is 9.97 Å². The number of nitrogens with one attached hydrogen (secondary N) is 5. The Morgan fingerprint density at radius 3 is 1.89 bits per heavy atom. The molecule has 2 aliphatic heterocycles. The lowest BCUT2D eigenvalue weighted by atomic mass is 9.98. The predicted molar refractivity (Wildman–Crippen MR) is 244 cm³/mol. The molecule has 0 radical (unpaired) electrons. The SMILES string of the molecule is O=C(O)C1CCCN(CCc2ccc(Nc3nc(-c4cncnc4)cc4cc[nH]c(=O)c34)cc2)C1.O=c1[nH]ccc2cc(-c3cncnc3)nc(Nc3cnn(C4CCNCC4)c3)c12. The molecule has 8 aromatic rings. The van der Waals surface area contributed by atoms with Crippen LogP contribution < -0.4 is 27.1 Å². The standard InChI is InChI=1S/C26H26N6O3.C20H20N8O/c33-25-23-18(7-9-29-25)12-22(20-13-27-16-28-14-20)31-24(23)30-21-5-3-17(4-6-21)8-11-32-10-1-2-19(15-32)26(34)35;29-20-18-13(1-6-24-20)7-17(14-8-22-12-23-9-14)27-19(18)26-15-10-25-28(11-15)16-2-4-21-5-3-16/h3-7,9,12-14,16,19H,1-2,8,10-11,15H2,(H,29,33)(H,30,31)(H,34,35);1,6-12,16,21H,2-5H2,(H,24,29)(H,26,27). The summed E-state index contributed by atoms with van der Waals surface area (Å²) >= 11 is 0. The number of carboxylic acids is 1. The van der Waals surface area contributed by atoms with Crippen LogP contribution in [0.3, 0.4) is 0 Å². The molecule has 1 unspecified atom stereocenters. The normalized spacial score (nSPS) is 15.7. The average molecular weight is 859 g/mol. The van der Waals surface area contributed by atoms with Crippen molar-refractivity contribution in [3.8, 4) is 22.5 Å². The summed E-state index contributed by atoms with van der Waals surface area (Å²) in [5, 5.41) is 26.3. The summed E-state index contributed by atoms with van der Waals surface area (Å²) in [4.78, 5) is 69.8. The second-order valence-corrected chi connectivity index (χ2v) is 15.9. The minimum absolute atomic E-state index is 0.195. The molecular weight excluding hydrogens is 813 g/mol. The molecule has 2 fully saturated rings. The van der Waals surface area contributed by atoms with E-state index in [2.05, 4.69) is 55.9 Å². The Morgan fingerprint density at radius 2 is 1.31 bits per heavy atom. The van der Waals surface area contributed by atoms with Crippen molar-refractivity contribution in [2.45, 2.75) is 38.1 Å². The summed E-state index contributed by atoms with van der Waals surface area (Å²) in [6.07, 6.45) is 21.3. The van der Waals surface area contributed by atoms with Crippen LogP contribution in [-0.4, -0.2) is 98.4 Å². The van der Waals surface area contributed by atoms with Gasteiger partial charge in [-0.05, 0) is 104 Å². The first-order valence-electron chi connectivity index (χ1n) is 21.2. The maximum Gasteiger partial charge on any atom is 0.307 e. The fraction of sp³-hybridized carbons (Fsp3) is 0.261. The molecule has 1 atom stereocenters. The van der Waals surface area contributed by atoms with Crippen LogP contribution >= 0.6 is 0 Å². The number of nitrogens with zero attached hydrogens (tertiary/aromatic N) is 9. The topological polar surface area (TPSA) is 238 Å². The van der Waals surface area contributed by atoms with Crippen molar-refractivity contribution in [2.24, 2.45) is 5.92 Å². The molecule has 6 N–H and O–H groups in total. The Balaban J connectivity index is 0.000000165. The molecule has 0 bridgehead atoms. The zero-order chi connectivity index (χ0) is 43.8. The highest BCUT2D eigenvalue weighted by atomic mass is 16.4. The van der Waals surface area contributed by atoms with Gasteiger partial charge in [0.1, 0.15) is 24.3 Å². The maximum absolute atomic E-state index is 12.6. The van der Waals surface area contributed by atoms with Gasteiger partial charge in [0.2, 0.25) is 0 Å². The summed E-state index contributed by atoms with van der Waals surface area (Å²) in [6.45, 7) is 4.38. The number of H-pyrrole nitrogens is 2. The van der Waals surface area contributed by atoms with Crippen LogP contribution in [0.2, 0.25) is 0 Å². The second-order valence-electron chi connectivity index (χ2n) is 15.9. The maximum atomic E-state index is 12.6. The largest absolute Gasteiger partial charge is 0.481 e. The summed E-state index contributed by atoms with van der Waals surface area (Å²) in [5.41, 5.74) is 5.27. The van der Waals surface area contributed by atoms with Gasteiger partial charge < -0.3 is 35.9 Å². The highest BCUT2D eigenvalue weighted by Crippen LogP contribution is 2.30. The van der Waals surface area contributed by atoms with E-state index in [-0.39, 0.29) is 17.0 Å². The number of anilines is 4. The van der Waals surface area contributed by atoms with Gasteiger partial charge in [-0.3, -0.25) is 19.1 Å². The Bertz CT molecular complexity index is 2990. The van der Waals surface area contributed by atoms with Crippen molar-refractivity contribution in [3.05, 3.63) is 137 Å². The van der Waals surface area contributed by atoms with Crippen molar-refractivity contribution >= 4 is 50.5 Å². The van der Waals surface area contributed by atoms with Crippen molar-refractivity contribution in [1.29, 1.82) is 0 Å². The van der Waals surface area contributed by atoms with Gasteiger partial charge in [0, 0.05) is 73.3 Å². The monoisotopic (exact) mass is 858 g/mol. The number of hydrogen-bond acceptors (Lipinski definition) is 14. The third kappa shape index (κ3) is 9.67. The highest BCUT2D eigenvalue weighted by molar-refractivity contribution is 5.96. The quantitative estimate of drug-likeness (QED) is 0.0914. The van der Waals surface area contributed by atoms with E-state index in [1.165, 1.54) is 18.2 Å². The number of likely N-dealkylation sites (tertiary alicyclic amines) is 1. The second kappa shape index (κ2) is 19.1. The zero-order valence-electron chi connectivity index (χ0n) is 34.8. The van der Waals surface area contributed by atoms with Crippen LogP contribution in [0.1, 0.15) is 37.3 Å². The Morgan fingerprint density at radius 1 is 0.734 bits per heavy atom. The summed E-state index contributed by atoms with van der Waals surface area (Å²) < 4.78 is 1.99. The lowest BCUT2D eigenvalue weighted by Crippen LogP contribution is -2.39. The van der Waals surface area contributed by atoms with Gasteiger partial charge in [0.25, 0.3) is 11.1 Å². The van der Waals surface area contributed by atoms with Crippen LogP contribution in [0.4, 0.5) is 23.0 Å². The molecule has 10 rings (SSSR count). The molecule has 7 aromatic heterocycles. The highest BCUT2D eigenvalue weighted by Gasteiger charge is 2.25. The number of hydrogen-bond donors (Lipinski definition) is 6. The molecule has 0 aliphatic carbocycles. The number of aliphatic carboxylic acids is 1. The van der Waals surface area contributed by atoms with E-state index >= 15 is 0 Å². The van der Waals surface area contributed by atoms with Gasteiger partial charge in [-0.2, -0.15) is 5.10 Å². The van der Waals surface area contributed by atoms with E-state index in [0.717, 1.165) is 91.6 Å². The summed E-state index contributed by atoms with van der Waals surface area (Å²) in [5.74, 6) is -0.0231. The van der Waals surface area contributed by atoms with Gasteiger partial charge in [0.15, 0.2) is 0 Å². The number of pyridine rings is 4. The van der Waals surface area contributed by atoms with Gasteiger partial charge in [-0.15, -0.1) is 0 Å². The molecule has 64 heavy (non-hydrogen) atoms. The third-order valence-corrected chi connectivity index (χ3v) is 11.6. The summed E-state index contributed by atoms with van der Waals surface area (Å²) in [7, 11) is 0. The number of aromatic amines is 2. The molecule has 9 heterocycles. The number of fused-ring (bicyclic) bond motifs is 2. The van der Waals surface area contributed by atoms with Crippen LogP contribution in [0.15, 0.2) is 120 Å². The molecule has 324 valence electrons. The number of benzene rings is 1. The van der Waals surface area contributed by atoms with Crippen molar-refractivity contribution in [2.75, 3.05) is 43.4 Å². The Hall–Kier alpha value is -7.70. The Labute approximate surface area is 366 Å². The number of carbonyl (C=O) groups is 1. The van der Waals surface area contributed by atoms with Crippen molar-refractivity contribution in [1.82, 2.24) is 59.9 Å². The van der Waals surface area contributed by atoms with E-state index in [1.807, 2.05) is 59.4 Å². The Kier molecular flexibility index (Phi) is 12.5. The molecule has 2 aliphatic rings. The van der Waals surface area contributed by atoms with Crippen molar-refractivity contribution < 1.29 is 9.90 Å². The molecule has 0 amide bonds. The van der Waals surface area contributed by atoms with Crippen LogP contribution in [0, 0.1) is 5.92 Å². The average Bonchev–Trinajstić information content (AvgIpc) is 3.81. The number of aromatic nitrogens is 10. The fourth-order valence-electron chi connectivity index (χ4n) is 8.22. The van der Waals surface area contributed by atoms with Crippen molar-refractivity contribution in [3.63, 3.8) is 0 Å². The smallest absolute Gasteiger partial charge is 0.307 e. The molecule has 2 saturated heterocycles. The number of carboxylic acid groups (broad SMARTS) is 1. The van der Waals surface area contributed by atoms with E-state index in [0.29, 0.717) is 46.4 Å². The van der Waals surface area contributed by atoms with Gasteiger partial charge in [-0.25, -0.2) is 29.9 Å². The minimum Gasteiger partial charge on any atom is -0.481 e. The zero-order valence-corrected chi connectivity index (χ0v) is 34.8. The predicted octanol–water partition coefficient (Wildman–Crippen LogP) is 5.71. The summed E-state index contributed by atoms with van der Waals surface area (Å²) in [6, 6.07) is 15.8. The molecule has 1 aromatic carbocycles. The third-order valence-electron chi connectivity index (χ3n) is 11.6. The van der Waals surface area contributed by atoms with E-state index in [9.17, 15) is 19.5 Å². The minimum atomic E-state index is -0.700. The molecule has 0 saturated carbocycles. The van der Waals surface area contributed by atoms with Crippen LogP contribution in [0.25, 0.3) is 44.1 Å². The van der Waals surface area contributed by atoms with E-state index < -0.39 is 5.97 Å². The lowest BCUT2D eigenvalue weighted by molar-refractivity contribution is -0.143. The van der Waals surface area contributed by atoms with Crippen LogP contribution in [-0.2, 0) is 11.2 Å². The molecule has 18 nitrogen and oxygen atoms in total. The van der Waals surface area contributed by atoms with Gasteiger partial charge in [0.05, 0.1) is 46.0 Å². The first-order valence-corrected chi connectivity index (χ1v) is 21.2. The first-order chi connectivity index (χ1) is 31.3. The fourth-order valence-corrected chi connectivity index (χ4v) is 8.22. The molecule has 0 spiro atoms. The van der Waals surface area contributed by atoms with Gasteiger partial charge in [-0.1, -0.05) is 12.1 Å². The number of piperidine rings is 2. The van der Waals surface area contributed by atoms with Crippen LogP contribution in [0.5, 0.6) is 0 Å². The first kappa shape index (κ1) is 41.6. The molecule has 18 heteroatoms. The van der Waals surface area contributed by atoms with Gasteiger partial charge >= 0.3 is 5.97 Å². The molecular formula is C46H46N14O4. The number of rotatable bonds is 11. The lowest BCUT2D eigenvalue weighted by Gasteiger charge is -2.30.